The average molecular weight is 656 g/mol. The van der Waals surface area contributed by atoms with Crippen LogP contribution >= 0.6 is 11.8 Å². The fourth-order valence-electron chi connectivity index (χ4n) is 5.04. The van der Waals surface area contributed by atoms with Gasteiger partial charge in [0.2, 0.25) is 5.91 Å². The van der Waals surface area contributed by atoms with Crippen molar-refractivity contribution >= 4 is 46.9 Å². The number of ether oxygens (including phenoxy) is 1. The van der Waals surface area contributed by atoms with Gasteiger partial charge in [0.05, 0.1) is 6.61 Å². The minimum absolute atomic E-state index is 0.0572. The lowest BCUT2D eigenvalue weighted by molar-refractivity contribution is -0.116. The third-order valence-electron chi connectivity index (χ3n) is 7.48. The maximum atomic E-state index is 13.7. The van der Waals surface area contributed by atoms with E-state index >= 15 is 0 Å². The van der Waals surface area contributed by atoms with Gasteiger partial charge in [-0.2, -0.15) is 0 Å². The highest BCUT2D eigenvalue weighted by Gasteiger charge is 2.23. The van der Waals surface area contributed by atoms with Crippen LogP contribution in [0, 0.1) is 13.8 Å². The van der Waals surface area contributed by atoms with Crippen LogP contribution in [-0.2, 0) is 9.59 Å². The number of thioether (sulfide) groups is 1. The van der Waals surface area contributed by atoms with Crippen LogP contribution in [0.3, 0.4) is 0 Å². The van der Waals surface area contributed by atoms with Crippen molar-refractivity contribution in [2.75, 3.05) is 17.2 Å². The van der Waals surface area contributed by atoms with Crippen LogP contribution in [0.4, 0.5) is 11.4 Å². The van der Waals surface area contributed by atoms with E-state index in [9.17, 15) is 14.4 Å². The minimum Gasteiger partial charge on any atom is -0.493 e. The number of hydrogen-bond acceptors (Lipinski definition) is 5. The van der Waals surface area contributed by atoms with Gasteiger partial charge >= 0.3 is 0 Å². The molecule has 0 heterocycles. The molecule has 0 aliphatic carbocycles. The molecule has 0 fully saturated rings. The van der Waals surface area contributed by atoms with E-state index < -0.39 is 17.1 Å². The highest BCUT2D eigenvalue weighted by Crippen LogP contribution is 2.37. The highest BCUT2D eigenvalue weighted by molar-refractivity contribution is 8.00. The summed E-state index contributed by atoms with van der Waals surface area (Å²) in [6.07, 6.45) is 1.60. The number of benzene rings is 5. The summed E-state index contributed by atoms with van der Waals surface area (Å²) in [5, 5.41) is 8.30. The number of aryl methyl sites for hydroxylation is 2. The van der Waals surface area contributed by atoms with Crippen molar-refractivity contribution in [3.8, 4) is 5.75 Å². The number of para-hydroxylation sites is 2. The summed E-state index contributed by atoms with van der Waals surface area (Å²) >= 11 is 1.42. The Kier molecular flexibility index (Phi) is 11.5. The standard InChI is InChI=1S/C40H37N3O4S/c1-4-47-35-21-12-11-20-31(35)26-34(42-38(44)30-18-9-6-10-19-30)39(45)41-32-22-24-33(25-23-32)48-37(29-16-7-5-8-17-29)40(46)43-36-27(2)14-13-15-28(36)3/h5-26,37H,4H2,1-3H3,(H,41,45)(H,42,44)(H,43,46)/b34-26-. The molecular formula is C40H37N3O4S. The molecule has 0 bridgehead atoms. The van der Waals surface area contributed by atoms with Crippen LogP contribution in [0.5, 0.6) is 5.75 Å². The summed E-state index contributed by atoms with van der Waals surface area (Å²) in [4.78, 5) is 41.2. The molecule has 0 radical (unpaired) electrons. The number of hydrogen-bond donors (Lipinski definition) is 3. The van der Waals surface area contributed by atoms with E-state index in [2.05, 4.69) is 16.0 Å². The average Bonchev–Trinajstić information content (AvgIpc) is 3.10. The first-order chi connectivity index (χ1) is 23.3. The second kappa shape index (κ2) is 16.3. The molecule has 1 atom stereocenters. The molecule has 5 aromatic carbocycles. The zero-order chi connectivity index (χ0) is 33.9. The van der Waals surface area contributed by atoms with Gasteiger partial charge in [-0.1, -0.05) is 84.9 Å². The van der Waals surface area contributed by atoms with Gasteiger partial charge in [-0.05, 0) is 86.0 Å². The summed E-state index contributed by atoms with van der Waals surface area (Å²) < 4.78 is 5.74. The van der Waals surface area contributed by atoms with Crippen molar-refractivity contribution in [3.63, 3.8) is 0 Å². The topological polar surface area (TPSA) is 96.5 Å². The van der Waals surface area contributed by atoms with E-state index in [0.717, 1.165) is 27.3 Å². The molecule has 0 aliphatic heterocycles. The molecule has 242 valence electrons. The Morgan fingerprint density at radius 2 is 1.35 bits per heavy atom. The van der Waals surface area contributed by atoms with E-state index in [-0.39, 0.29) is 11.6 Å². The Hall–Kier alpha value is -5.60. The molecule has 3 amide bonds. The van der Waals surface area contributed by atoms with Crippen molar-refractivity contribution in [2.45, 2.75) is 30.9 Å². The van der Waals surface area contributed by atoms with Gasteiger partial charge in [0.25, 0.3) is 11.8 Å². The lowest BCUT2D eigenvalue weighted by atomic mass is 10.1. The van der Waals surface area contributed by atoms with E-state index in [1.807, 2.05) is 112 Å². The summed E-state index contributed by atoms with van der Waals surface area (Å²) in [7, 11) is 0. The van der Waals surface area contributed by atoms with Crippen molar-refractivity contribution < 1.29 is 19.1 Å². The van der Waals surface area contributed by atoms with Crippen molar-refractivity contribution in [3.05, 3.63) is 161 Å². The van der Waals surface area contributed by atoms with Crippen molar-refractivity contribution in [1.29, 1.82) is 0 Å². The largest absolute Gasteiger partial charge is 0.493 e. The summed E-state index contributed by atoms with van der Waals surface area (Å²) in [6.45, 7) is 6.29. The zero-order valence-electron chi connectivity index (χ0n) is 27.0. The van der Waals surface area contributed by atoms with Crippen LogP contribution in [0.1, 0.15) is 44.8 Å². The molecule has 0 aliphatic rings. The molecule has 7 nitrogen and oxygen atoms in total. The van der Waals surface area contributed by atoms with Gasteiger partial charge in [0.1, 0.15) is 16.7 Å². The monoisotopic (exact) mass is 655 g/mol. The number of rotatable bonds is 12. The van der Waals surface area contributed by atoms with Crippen LogP contribution in [-0.4, -0.2) is 24.3 Å². The van der Waals surface area contributed by atoms with Gasteiger partial charge in [-0.15, -0.1) is 11.8 Å². The van der Waals surface area contributed by atoms with Crippen molar-refractivity contribution in [1.82, 2.24) is 5.32 Å². The molecular weight excluding hydrogens is 619 g/mol. The number of anilines is 2. The third kappa shape index (κ3) is 8.80. The van der Waals surface area contributed by atoms with Crippen molar-refractivity contribution in [2.24, 2.45) is 0 Å². The first-order valence-electron chi connectivity index (χ1n) is 15.6. The fourth-order valence-corrected chi connectivity index (χ4v) is 6.06. The second-order valence-electron chi connectivity index (χ2n) is 11.0. The molecule has 5 aromatic rings. The zero-order valence-corrected chi connectivity index (χ0v) is 27.8. The number of nitrogens with one attached hydrogen (secondary N) is 3. The Morgan fingerprint density at radius 1 is 0.729 bits per heavy atom. The normalized spacial score (nSPS) is 11.7. The molecule has 0 saturated carbocycles. The van der Waals surface area contributed by atoms with E-state index in [1.165, 1.54) is 11.8 Å². The predicted octanol–water partition coefficient (Wildman–Crippen LogP) is 8.58. The van der Waals surface area contributed by atoms with E-state index in [1.54, 1.807) is 42.5 Å². The Bertz CT molecular complexity index is 1890. The first-order valence-corrected chi connectivity index (χ1v) is 16.5. The van der Waals surface area contributed by atoms with Gasteiger partial charge in [-0.3, -0.25) is 14.4 Å². The fraction of sp³-hybridized carbons (Fsp3) is 0.125. The predicted molar refractivity (Wildman–Crippen MR) is 194 cm³/mol. The van der Waals surface area contributed by atoms with Gasteiger partial charge in [0.15, 0.2) is 0 Å². The second-order valence-corrected chi connectivity index (χ2v) is 12.2. The van der Waals surface area contributed by atoms with E-state index in [0.29, 0.717) is 29.2 Å². The number of carbonyl (C=O) groups excluding carboxylic acids is 3. The minimum atomic E-state index is -0.515. The molecule has 3 N–H and O–H groups in total. The molecule has 0 spiro atoms. The molecule has 1 unspecified atom stereocenters. The Morgan fingerprint density at radius 3 is 2.02 bits per heavy atom. The van der Waals surface area contributed by atoms with Gasteiger partial charge < -0.3 is 20.7 Å². The highest BCUT2D eigenvalue weighted by atomic mass is 32.2. The summed E-state index contributed by atoms with van der Waals surface area (Å²) in [5.41, 5.74) is 5.33. The number of amides is 3. The van der Waals surface area contributed by atoms with Crippen LogP contribution < -0.4 is 20.7 Å². The smallest absolute Gasteiger partial charge is 0.272 e. The SMILES string of the molecule is CCOc1ccccc1/C=C(\NC(=O)c1ccccc1)C(=O)Nc1ccc(SC(C(=O)Nc2c(C)cccc2C)c2ccccc2)cc1. The van der Waals surface area contributed by atoms with Crippen LogP contribution in [0.25, 0.3) is 6.08 Å². The molecule has 48 heavy (non-hydrogen) atoms. The van der Waals surface area contributed by atoms with Gasteiger partial charge in [0, 0.05) is 27.4 Å². The van der Waals surface area contributed by atoms with E-state index in [4.69, 9.17) is 4.74 Å². The number of carbonyl (C=O) groups is 3. The molecule has 5 rings (SSSR count). The molecule has 0 aromatic heterocycles. The third-order valence-corrected chi connectivity index (χ3v) is 8.75. The Labute approximate surface area is 285 Å². The Balaban J connectivity index is 1.36. The molecule has 8 heteroatoms. The quantitative estimate of drug-likeness (QED) is 0.0924. The van der Waals surface area contributed by atoms with Crippen LogP contribution in [0.2, 0.25) is 0 Å². The lowest BCUT2D eigenvalue weighted by Gasteiger charge is -2.19. The van der Waals surface area contributed by atoms with Gasteiger partial charge in [-0.25, -0.2) is 0 Å². The van der Waals surface area contributed by atoms with Crippen LogP contribution in [0.15, 0.2) is 138 Å². The molecule has 0 saturated heterocycles. The maximum Gasteiger partial charge on any atom is 0.272 e. The maximum absolute atomic E-state index is 13.7. The first kappa shape index (κ1) is 33.8. The summed E-state index contributed by atoms with van der Waals surface area (Å²) in [6, 6.07) is 38.9. The lowest BCUT2D eigenvalue weighted by Crippen LogP contribution is -2.30. The summed E-state index contributed by atoms with van der Waals surface area (Å²) in [5.74, 6) is -0.447.